The third-order valence-electron chi connectivity index (χ3n) is 2.30. The molecule has 0 radical (unpaired) electrons. The SMILES string of the molecule is CCC[N+](C)(C)CCOCCOCCN. The van der Waals surface area contributed by atoms with Crippen molar-refractivity contribution in [2.45, 2.75) is 13.3 Å². The van der Waals surface area contributed by atoms with Crippen molar-refractivity contribution >= 4 is 0 Å². The van der Waals surface area contributed by atoms with Crippen LogP contribution in [0.2, 0.25) is 0 Å². The Morgan fingerprint density at radius 1 is 0.933 bits per heavy atom. The predicted molar refractivity (Wildman–Crippen MR) is 62.8 cm³/mol. The summed E-state index contributed by atoms with van der Waals surface area (Å²) in [5.41, 5.74) is 5.29. The highest BCUT2D eigenvalue weighted by atomic mass is 16.5. The van der Waals surface area contributed by atoms with Gasteiger partial charge in [-0.25, -0.2) is 0 Å². The zero-order valence-electron chi connectivity index (χ0n) is 10.5. The molecule has 0 aromatic carbocycles. The summed E-state index contributed by atoms with van der Waals surface area (Å²) in [7, 11) is 4.47. The molecule has 0 rings (SSSR count). The van der Waals surface area contributed by atoms with Crippen LogP contribution in [0.4, 0.5) is 0 Å². The Morgan fingerprint density at radius 2 is 1.53 bits per heavy atom. The first-order valence-corrected chi connectivity index (χ1v) is 5.80. The Balaban J connectivity index is 3.22. The summed E-state index contributed by atoms with van der Waals surface area (Å²) in [6, 6.07) is 0. The smallest absolute Gasteiger partial charge is 0.102 e. The van der Waals surface area contributed by atoms with Gasteiger partial charge in [0, 0.05) is 6.54 Å². The van der Waals surface area contributed by atoms with Gasteiger partial charge in [-0.3, -0.25) is 0 Å². The van der Waals surface area contributed by atoms with Gasteiger partial charge in [-0.1, -0.05) is 6.92 Å². The fourth-order valence-corrected chi connectivity index (χ4v) is 1.43. The Hall–Kier alpha value is -0.160. The molecule has 2 N–H and O–H groups in total. The number of ether oxygens (including phenoxy) is 2. The number of rotatable bonds is 10. The molecular weight excluding hydrogens is 192 g/mol. The normalized spacial score (nSPS) is 12.0. The van der Waals surface area contributed by atoms with E-state index in [1.54, 1.807) is 0 Å². The monoisotopic (exact) mass is 219 g/mol. The maximum absolute atomic E-state index is 5.48. The van der Waals surface area contributed by atoms with Crippen LogP contribution in [0, 0.1) is 0 Å². The van der Waals surface area contributed by atoms with Crippen LogP contribution in [0.15, 0.2) is 0 Å². The van der Waals surface area contributed by atoms with E-state index in [0.717, 1.165) is 17.6 Å². The molecule has 0 saturated carbocycles. The van der Waals surface area contributed by atoms with E-state index in [1.165, 1.54) is 13.0 Å². The van der Waals surface area contributed by atoms with E-state index in [-0.39, 0.29) is 0 Å². The molecule has 0 bridgehead atoms. The molecule has 0 amide bonds. The highest BCUT2D eigenvalue weighted by Crippen LogP contribution is 1.98. The minimum Gasteiger partial charge on any atom is -0.378 e. The Kier molecular flexibility index (Phi) is 9.00. The Bertz CT molecular complexity index is 141. The molecule has 4 heteroatoms. The minimum absolute atomic E-state index is 0.584. The Labute approximate surface area is 93.9 Å². The quantitative estimate of drug-likeness (QED) is 0.429. The zero-order valence-corrected chi connectivity index (χ0v) is 10.5. The molecule has 0 atom stereocenters. The van der Waals surface area contributed by atoms with Crippen LogP contribution in [0.25, 0.3) is 0 Å². The number of quaternary nitrogens is 1. The second-order valence-corrected chi connectivity index (χ2v) is 4.40. The van der Waals surface area contributed by atoms with Crippen molar-refractivity contribution in [2.75, 3.05) is 60.2 Å². The Morgan fingerprint density at radius 3 is 2.07 bits per heavy atom. The summed E-state index contributed by atoms with van der Waals surface area (Å²) in [5, 5.41) is 0. The second-order valence-electron chi connectivity index (χ2n) is 4.40. The lowest BCUT2D eigenvalue weighted by atomic mass is 10.4. The van der Waals surface area contributed by atoms with Crippen molar-refractivity contribution in [3.8, 4) is 0 Å². The van der Waals surface area contributed by atoms with Crippen LogP contribution in [-0.4, -0.2) is 64.6 Å². The van der Waals surface area contributed by atoms with Gasteiger partial charge in [0.25, 0.3) is 0 Å². The summed E-state index contributed by atoms with van der Waals surface area (Å²) in [6.07, 6.45) is 1.21. The number of hydrogen-bond acceptors (Lipinski definition) is 3. The van der Waals surface area contributed by atoms with E-state index in [0.29, 0.717) is 26.4 Å². The molecule has 0 heterocycles. The van der Waals surface area contributed by atoms with E-state index in [1.807, 2.05) is 0 Å². The standard InChI is InChI=1S/C11H27N2O2/c1-4-6-13(2,3)7-9-15-11-10-14-8-5-12/h4-12H2,1-3H3/q+1. The molecule has 0 saturated heterocycles. The van der Waals surface area contributed by atoms with Gasteiger partial charge in [0.1, 0.15) is 6.54 Å². The van der Waals surface area contributed by atoms with E-state index in [4.69, 9.17) is 15.2 Å². The average molecular weight is 219 g/mol. The molecule has 0 aromatic rings. The zero-order chi connectivity index (χ0) is 11.6. The summed E-state index contributed by atoms with van der Waals surface area (Å²) in [4.78, 5) is 0. The fraction of sp³-hybridized carbons (Fsp3) is 1.00. The van der Waals surface area contributed by atoms with Gasteiger partial charge in [-0.2, -0.15) is 0 Å². The topological polar surface area (TPSA) is 44.5 Å². The molecule has 0 aromatic heterocycles. The van der Waals surface area contributed by atoms with Gasteiger partial charge >= 0.3 is 0 Å². The average Bonchev–Trinajstić information content (AvgIpc) is 2.16. The van der Waals surface area contributed by atoms with Crippen LogP contribution < -0.4 is 5.73 Å². The molecule has 15 heavy (non-hydrogen) atoms. The van der Waals surface area contributed by atoms with Gasteiger partial charge in [0.2, 0.25) is 0 Å². The van der Waals surface area contributed by atoms with Crippen molar-refractivity contribution in [2.24, 2.45) is 5.73 Å². The van der Waals surface area contributed by atoms with Crippen molar-refractivity contribution in [1.29, 1.82) is 0 Å². The van der Waals surface area contributed by atoms with Gasteiger partial charge in [0.05, 0.1) is 47.1 Å². The van der Waals surface area contributed by atoms with Crippen LogP contribution in [0.5, 0.6) is 0 Å². The molecule has 0 spiro atoms. The first kappa shape index (κ1) is 14.8. The van der Waals surface area contributed by atoms with Crippen molar-refractivity contribution in [3.05, 3.63) is 0 Å². The van der Waals surface area contributed by atoms with Crippen LogP contribution in [0.3, 0.4) is 0 Å². The van der Waals surface area contributed by atoms with Gasteiger partial charge in [-0.05, 0) is 6.42 Å². The molecule has 4 nitrogen and oxygen atoms in total. The first-order valence-electron chi connectivity index (χ1n) is 5.80. The lowest BCUT2D eigenvalue weighted by Gasteiger charge is -2.29. The summed E-state index contributed by atoms with van der Waals surface area (Å²) in [6.45, 7) is 7.81. The van der Waals surface area contributed by atoms with Crippen LogP contribution in [-0.2, 0) is 9.47 Å². The summed E-state index contributed by atoms with van der Waals surface area (Å²) < 4.78 is 11.7. The van der Waals surface area contributed by atoms with Gasteiger partial charge in [0.15, 0.2) is 0 Å². The summed E-state index contributed by atoms with van der Waals surface area (Å²) in [5.74, 6) is 0. The number of hydrogen-bond donors (Lipinski definition) is 1. The molecule has 0 aliphatic carbocycles. The lowest BCUT2D eigenvalue weighted by Crippen LogP contribution is -2.42. The predicted octanol–water partition coefficient (Wildman–Crippen LogP) is 0.465. The van der Waals surface area contributed by atoms with Crippen molar-refractivity contribution in [3.63, 3.8) is 0 Å². The van der Waals surface area contributed by atoms with E-state index < -0.39 is 0 Å². The van der Waals surface area contributed by atoms with Gasteiger partial charge in [-0.15, -0.1) is 0 Å². The maximum atomic E-state index is 5.48. The van der Waals surface area contributed by atoms with Crippen molar-refractivity contribution in [1.82, 2.24) is 0 Å². The van der Waals surface area contributed by atoms with E-state index >= 15 is 0 Å². The maximum Gasteiger partial charge on any atom is 0.102 e. The molecular formula is C11H27N2O2+. The number of nitrogens with zero attached hydrogens (tertiary/aromatic N) is 1. The number of nitrogens with two attached hydrogens (primary N) is 1. The third-order valence-corrected chi connectivity index (χ3v) is 2.30. The fourth-order valence-electron chi connectivity index (χ4n) is 1.43. The highest BCUT2D eigenvalue weighted by molar-refractivity contribution is 4.36. The third kappa shape index (κ3) is 10.1. The summed E-state index contributed by atoms with van der Waals surface area (Å²) >= 11 is 0. The van der Waals surface area contributed by atoms with Crippen LogP contribution >= 0.6 is 0 Å². The van der Waals surface area contributed by atoms with Crippen LogP contribution in [0.1, 0.15) is 13.3 Å². The highest BCUT2D eigenvalue weighted by Gasteiger charge is 2.12. The lowest BCUT2D eigenvalue weighted by molar-refractivity contribution is -0.890. The number of likely N-dealkylation sites (N-methyl/N-ethyl adjacent to an activating group) is 1. The molecule has 92 valence electrons. The first-order chi connectivity index (χ1) is 7.12. The van der Waals surface area contributed by atoms with E-state index in [9.17, 15) is 0 Å². The molecule has 0 aliphatic rings. The van der Waals surface area contributed by atoms with E-state index in [2.05, 4.69) is 21.0 Å². The second kappa shape index (κ2) is 9.09. The van der Waals surface area contributed by atoms with Gasteiger partial charge < -0.3 is 19.7 Å². The minimum atomic E-state index is 0.584. The molecule has 0 aliphatic heterocycles. The largest absolute Gasteiger partial charge is 0.378 e. The molecule has 0 unspecified atom stereocenters. The molecule has 0 fully saturated rings. The van der Waals surface area contributed by atoms with Crippen molar-refractivity contribution < 1.29 is 14.0 Å².